The monoisotopic (exact) mass is 486 g/mol. The first-order valence-corrected chi connectivity index (χ1v) is 12.3. The van der Waals surface area contributed by atoms with Crippen LogP contribution in [0.15, 0.2) is 66.7 Å². The van der Waals surface area contributed by atoms with Gasteiger partial charge in [0.1, 0.15) is 0 Å². The summed E-state index contributed by atoms with van der Waals surface area (Å²) in [5.41, 5.74) is 3.17. The lowest BCUT2D eigenvalue weighted by molar-refractivity contribution is 0.0341. The van der Waals surface area contributed by atoms with Gasteiger partial charge in [0.25, 0.3) is 0 Å². The molecule has 5 rings (SSSR count). The van der Waals surface area contributed by atoms with Crippen LogP contribution in [-0.2, 0) is 11.2 Å². The molecule has 0 saturated carbocycles. The lowest BCUT2D eigenvalue weighted by Gasteiger charge is -2.50. The van der Waals surface area contributed by atoms with Crippen LogP contribution in [0, 0.1) is 6.92 Å². The van der Waals surface area contributed by atoms with Crippen LogP contribution < -0.4 is 19.7 Å². The molecule has 36 heavy (non-hydrogen) atoms. The summed E-state index contributed by atoms with van der Waals surface area (Å²) in [5, 5.41) is 3.09. The number of carbonyl (C=O) groups is 2. The second-order valence-corrected chi connectivity index (χ2v) is 9.35. The summed E-state index contributed by atoms with van der Waals surface area (Å²) < 4.78 is 17.8. The Labute approximate surface area is 211 Å². The fraction of sp³-hybridized carbons (Fsp3) is 0.310. The van der Waals surface area contributed by atoms with Crippen molar-refractivity contribution in [2.75, 3.05) is 18.1 Å². The summed E-state index contributed by atoms with van der Waals surface area (Å²) in [5.74, 6) is 0.848. The fourth-order valence-corrected chi connectivity index (χ4v) is 4.89. The Morgan fingerprint density at radius 1 is 1.14 bits per heavy atom. The molecule has 0 radical (unpaired) electrons. The summed E-state index contributed by atoms with van der Waals surface area (Å²) in [6.45, 7) is 6.62. The van der Waals surface area contributed by atoms with E-state index in [0.717, 1.165) is 11.1 Å². The Morgan fingerprint density at radius 2 is 1.92 bits per heavy atom. The summed E-state index contributed by atoms with van der Waals surface area (Å²) in [4.78, 5) is 27.6. The quantitative estimate of drug-likeness (QED) is 0.442. The van der Waals surface area contributed by atoms with Crippen LogP contribution in [0.25, 0.3) is 0 Å². The minimum absolute atomic E-state index is 0.196. The number of urea groups is 1. The lowest BCUT2D eigenvalue weighted by atomic mass is 9.89. The van der Waals surface area contributed by atoms with E-state index in [2.05, 4.69) is 5.32 Å². The van der Waals surface area contributed by atoms with Gasteiger partial charge in [0.15, 0.2) is 17.2 Å². The number of hydrogen-bond donors (Lipinski definition) is 1. The highest BCUT2D eigenvalue weighted by Gasteiger charge is 2.50. The van der Waals surface area contributed by atoms with E-state index in [1.165, 1.54) is 5.56 Å². The molecule has 7 heteroatoms. The standard InChI is InChI=1S/C29H30N2O5/c1-4-34-25-10-6-9-23-24-18-29(3,36-26(23)25)31(28(33)30-24)22-8-5-7-21(17-22)27(32)35-16-15-20-13-11-19(2)12-14-20/h5-14,17,24H,4,15-16,18H2,1-3H3,(H,30,33)/t24?,29-/m1/s1. The number of anilines is 1. The zero-order valence-corrected chi connectivity index (χ0v) is 20.7. The second kappa shape index (κ2) is 9.57. The largest absolute Gasteiger partial charge is 0.490 e. The first-order valence-electron chi connectivity index (χ1n) is 12.3. The third-order valence-electron chi connectivity index (χ3n) is 6.65. The molecule has 1 saturated heterocycles. The van der Waals surface area contributed by atoms with Gasteiger partial charge in [0.05, 0.1) is 30.5 Å². The Kier molecular flexibility index (Phi) is 6.31. The highest BCUT2D eigenvalue weighted by Crippen LogP contribution is 2.49. The molecule has 3 aromatic rings. The summed E-state index contributed by atoms with van der Waals surface area (Å²) in [6, 6.07) is 20.3. The smallest absolute Gasteiger partial charge is 0.338 e. The molecule has 7 nitrogen and oxygen atoms in total. The third-order valence-corrected chi connectivity index (χ3v) is 6.65. The number of hydrogen-bond acceptors (Lipinski definition) is 5. The maximum absolute atomic E-state index is 13.3. The minimum Gasteiger partial charge on any atom is -0.490 e. The van der Waals surface area contributed by atoms with Gasteiger partial charge in [0, 0.05) is 18.4 Å². The van der Waals surface area contributed by atoms with Crippen LogP contribution in [0.3, 0.4) is 0 Å². The molecule has 2 heterocycles. The average Bonchev–Trinajstić information content (AvgIpc) is 2.85. The molecule has 3 aromatic carbocycles. The van der Waals surface area contributed by atoms with Crippen molar-refractivity contribution in [3.05, 3.63) is 89.0 Å². The van der Waals surface area contributed by atoms with E-state index in [9.17, 15) is 9.59 Å². The number of aryl methyl sites for hydroxylation is 1. The molecule has 2 aliphatic rings. The Hall–Kier alpha value is -4.00. The normalized spacial score (nSPS) is 20.1. The van der Waals surface area contributed by atoms with E-state index >= 15 is 0 Å². The molecule has 0 aliphatic carbocycles. The van der Waals surface area contributed by atoms with Crippen LogP contribution in [0.2, 0.25) is 0 Å². The highest BCUT2D eigenvalue weighted by atomic mass is 16.5. The molecule has 2 atom stereocenters. The van der Waals surface area contributed by atoms with Crippen molar-refractivity contribution in [2.45, 2.75) is 45.4 Å². The third kappa shape index (κ3) is 4.49. The number of fused-ring (bicyclic) bond motifs is 4. The molecule has 1 fully saturated rings. The van der Waals surface area contributed by atoms with Crippen molar-refractivity contribution >= 4 is 17.7 Å². The number of nitrogens with zero attached hydrogens (tertiary/aromatic N) is 1. The van der Waals surface area contributed by atoms with Gasteiger partial charge < -0.3 is 19.5 Å². The van der Waals surface area contributed by atoms with Crippen molar-refractivity contribution < 1.29 is 23.8 Å². The van der Waals surface area contributed by atoms with Gasteiger partial charge in [0.2, 0.25) is 0 Å². The van der Waals surface area contributed by atoms with Crippen LogP contribution in [0.1, 0.15) is 53.4 Å². The van der Waals surface area contributed by atoms with Gasteiger partial charge in [-0.15, -0.1) is 0 Å². The zero-order chi connectivity index (χ0) is 25.3. The maximum Gasteiger partial charge on any atom is 0.338 e. The van der Waals surface area contributed by atoms with Crippen LogP contribution in [0.5, 0.6) is 11.5 Å². The molecule has 1 unspecified atom stereocenters. The van der Waals surface area contributed by atoms with E-state index in [-0.39, 0.29) is 18.7 Å². The van der Waals surface area contributed by atoms with Crippen molar-refractivity contribution in [1.29, 1.82) is 0 Å². The molecule has 2 bridgehead atoms. The number of benzene rings is 3. The average molecular weight is 487 g/mol. The zero-order valence-electron chi connectivity index (χ0n) is 20.7. The van der Waals surface area contributed by atoms with Crippen molar-refractivity contribution in [1.82, 2.24) is 5.32 Å². The number of ether oxygens (including phenoxy) is 3. The maximum atomic E-state index is 13.3. The Bertz CT molecular complexity index is 1290. The number of esters is 1. The Balaban J connectivity index is 1.35. The van der Waals surface area contributed by atoms with Crippen LogP contribution in [0.4, 0.5) is 10.5 Å². The van der Waals surface area contributed by atoms with Gasteiger partial charge in [-0.1, -0.05) is 48.0 Å². The topological polar surface area (TPSA) is 77.1 Å². The lowest BCUT2D eigenvalue weighted by Crippen LogP contribution is -2.65. The molecular formula is C29H30N2O5. The summed E-state index contributed by atoms with van der Waals surface area (Å²) in [7, 11) is 0. The first kappa shape index (κ1) is 23.7. The van der Waals surface area contributed by atoms with Crippen LogP contribution in [-0.4, -0.2) is 30.9 Å². The van der Waals surface area contributed by atoms with E-state index in [0.29, 0.717) is 42.2 Å². The van der Waals surface area contributed by atoms with Gasteiger partial charge in [-0.3, -0.25) is 4.90 Å². The SMILES string of the molecule is CCOc1cccc2c1O[C@]1(C)CC2NC(=O)N1c1cccc(C(=O)OCCc2ccc(C)cc2)c1. The van der Waals surface area contributed by atoms with E-state index in [1.54, 1.807) is 29.2 Å². The van der Waals surface area contributed by atoms with E-state index < -0.39 is 11.7 Å². The number of carbonyl (C=O) groups excluding carboxylic acids is 2. The predicted octanol–water partition coefficient (Wildman–Crippen LogP) is 5.56. The van der Waals surface area contributed by atoms with E-state index in [4.69, 9.17) is 14.2 Å². The van der Waals surface area contributed by atoms with Gasteiger partial charge in [-0.2, -0.15) is 0 Å². The molecular weight excluding hydrogens is 456 g/mol. The summed E-state index contributed by atoms with van der Waals surface area (Å²) in [6.07, 6.45) is 1.18. The fourth-order valence-electron chi connectivity index (χ4n) is 4.89. The van der Waals surface area contributed by atoms with Crippen molar-refractivity contribution in [3.8, 4) is 11.5 Å². The molecule has 2 amide bonds. The van der Waals surface area contributed by atoms with Gasteiger partial charge in [-0.05, 0) is 50.6 Å². The highest BCUT2D eigenvalue weighted by molar-refractivity contribution is 5.97. The van der Waals surface area contributed by atoms with Crippen molar-refractivity contribution in [3.63, 3.8) is 0 Å². The molecule has 2 aliphatic heterocycles. The number of rotatable bonds is 7. The molecule has 186 valence electrons. The van der Waals surface area contributed by atoms with Crippen molar-refractivity contribution in [2.24, 2.45) is 0 Å². The number of nitrogens with one attached hydrogen (secondary N) is 1. The minimum atomic E-state index is -0.957. The summed E-state index contributed by atoms with van der Waals surface area (Å²) >= 11 is 0. The number of para-hydroxylation sites is 1. The molecule has 1 N–H and O–H groups in total. The Morgan fingerprint density at radius 3 is 2.69 bits per heavy atom. The van der Waals surface area contributed by atoms with Gasteiger partial charge in [-0.25, -0.2) is 9.59 Å². The predicted molar refractivity (Wildman–Crippen MR) is 137 cm³/mol. The molecule has 0 spiro atoms. The van der Waals surface area contributed by atoms with Gasteiger partial charge >= 0.3 is 12.0 Å². The molecule has 0 aromatic heterocycles. The first-order chi connectivity index (χ1) is 17.4. The second-order valence-electron chi connectivity index (χ2n) is 9.35. The van der Waals surface area contributed by atoms with E-state index in [1.807, 2.05) is 63.2 Å². The number of amides is 2. The van der Waals surface area contributed by atoms with Crippen LogP contribution >= 0.6 is 0 Å².